The molecule has 1 aromatic rings. The Bertz CT molecular complexity index is 393. The minimum Gasteiger partial charge on any atom is -0.497 e. The van der Waals surface area contributed by atoms with Crippen LogP contribution in [0, 0.1) is 5.82 Å². The smallest absolute Gasteiger partial charge is 0.303 e. The SMILES string of the molecule is Bc1cc(CCCC(=O)O)c(F)cc1OC. The van der Waals surface area contributed by atoms with Gasteiger partial charge in [0.25, 0.3) is 0 Å². The van der Waals surface area contributed by atoms with Gasteiger partial charge >= 0.3 is 5.97 Å². The van der Waals surface area contributed by atoms with Gasteiger partial charge in [-0.15, -0.1) is 0 Å². The monoisotopic (exact) mass is 224 g/mol. The summed E-state index contributed by atoms with van der Waals surface area (Å²) in [5.74, 6) is -0.682. The van der Waals surface area contributed by atoms with Gasteiger partial charge in [0.15, 0.2) is 0 Å². The Kier molecular flexibility index (Phi) is 4.34. The number of aliphatic carboxylic acids is 1. The van der Waals surface area contributed by atoms with Crippen LogP contribution in [-0.2, 0) is 11.2 Å². The average molecular weight is 224 g/mol. The van der Waals surface area contributed by atoms with E-state index in [-0.39, 0.29) is 12.2 Å². The summed E-state index contributed by atoms with van der Waals surface area (Å²) < 4.78 is 18.5. The maximum Gasteiger partial charge on any atom is 0.303 e. The van der Waals surface area contributed by atoms with Gasteiger partial charge in [-0.05, 0) is 23.9 Å². The summed E-state index contributed by atoms with van der Waals surface area (Å²) in [6.45, 7) is 0. The molecule has 0 bridgehead atoms. The van der Waals surface area contributed by atoms with Crippen molar-refractivity contribution in [2.45, 2.75) is 19.3 Å². The van der Waals surface area contributed by atoms with Crippen molar-refractivity contribution >= 4 is 19.3 Å². The maximum atomic E-state index is 13.5. The fourth-order valence-electron chi connectivity index (χ4n) is 1.56. The molecule has 0 radical (unpaired) electrons. The van der Waals surface area contributed by atoms with E-state index in [1.54, 1.807) is 6.07 Å². The number of carbonyl (C=O) groups is 1. The van der Waals surface area contributed by atoms with E-state index in [1.807, 2.05) is 7.85 Å². The third-order valence-electron chi connectivity index (χ3n) is 2.40. The number of benzene rings is 1. The molecule has 0 aromatic heterocycles. The molecule has 1 aromatic carbocycles. The van der Waals surface area contributed by atoms with Crippen LogP contribution in [0.15, 0.2) is 12.1 Å². The predicted octanol–water partition coefficient (Wildman–Crippen LogP) is 0.500. The molecule has 0 amide bonds. The molecule has 0 saturated carbocycles. The minimum atomic E-state index is -0.856. The number of carboxylic acids is 1. The Hall–Kier alpha value is -1.52. The van der Waals surface area contributed by atoms with E-state index in [1.165, 1.54) is 13.2 Å². The maximum absolute atomic E-state index is 13.5. The zero-order valence-electron chi connectivity index (χ0n) is 9.42. The highest BCUT2D eigenvalue weighted by Crippen LogP contribution is 2.15. The molecule has 0 unspecified atom stereocenters. The molecule has 86 valence electrons. The van der Waals surface area contributed by atoms with Crippen molar-refractivity contribution < 1.29 is 19.0 Å². The number of halogens is 1. The highest BCUT2D eigenvalue weighted by Gasteiger charge is 2.08. The van der Waals surface area contributed by atoms with Crippen LogP contribution in [0.3, 0.4) is 0 Å². The minimum absolute atomic E-state index is 0.0600. The third kappa shape index (κ3) is 3.26. The molecular formula is C11H14BFO3. The first-order valence-corrected chi connectivity index (χ1v) is 5.09. The quantitative estimate of drug-likeness (QED) is 0.740. The second kappa shape index (κ2) is 5.54. The van der Waals surface area contributed by atoms with Gasteiger partial charge in [0.2, 0.25) is 0 Å². The summed E-state index contributed by atoms with van der Waals surface area (Å²) in [6.07, 6.45) is 0.936. The zero-order valence-corrected chi connectivity index (χ0v) is 9.42. The van der Waals surface area contributed by atoms with E-state index in [4.69, 9.17) is 9.84 Å². The number of hydrogen-bond donors (Lipinski definition) is 1. The lowest BCUT2D eigenvalue weighted by Gasteiger charge is -2.08. The summed E-state index contributed by atoms with van der Waals surface area (Å²) in [5, 5.41) is 8.48. The van der Waals surface area contributed by atoms with Gasteiger partial charge in [-0.3, -0.25) is 4.79 Å². The Balaban J connectivity index is 2.73. The van der Waals surface area contributed by atoms with Gasteiger partial charge in [-0.1, -0.05) is 6.07 Å². The number of aryl methyl sites for hydroxylation is 1. The second-order valence-electron chi connectivity index (χ2n) is 3.66. The van der Waals surface area contributed by atoms with Crippen molar-refractivity contribution in [3.63, 3.8) is 0 Å². The van der Waals surface area contributed by atoms with Crippen LogP contribution in [0.4, 0.5) is 4.39 Å². The lowest BCUT2D eigenvalue weighted by molar-refractivity contribution is -0.137. The topological polar surface area (TPSA) is 46.5 Å². The third-order valence-corrected chi connectivity index (χ3v) is 2.40. The first kappa shape index (κ1) is 12.6. The number of hydrogen-bond acceptors (Lipinski definition) is 2. The Morgan fingerprint density at radius 1 is 1.56 bits per heavy atom. The van der Waals surface area contributed by atoms with Crippen molar-refractivity contribution in [3.8, 4) is 5.75 Å². The number of ether oxygens (including phenoxy) is 1. The molecule has 0 atom stereocenters. The van der Waals surface area contributed by atoms with Crippen LogP contribution >= 0.6 is 0 Å². The highest BCUT2D eigenvalue weighted by molar-refractivity contribution is 6.34. The molecule has 16 heavy (non-hydrogen) atoms. The van der Waals surface area contributed by atoms with Gasteiger partial charge in [-0.25, -0.2) is 4.39 Å². The lowest BCUT2D eigenvalue weighted by atomic mass is 9.91. The molecule has 0 fully saturated rings. The largest absolute Gasteiger partial charge is 0.497 e. The van der Waals surface area contributed by atoms with Crippen LogP contribution in [0.25, 0.3) is 0 Å². The fraction of sp³-hybridized carbons (Fsp3) is 0.364. The molecular weight excluding hydrogens is 210 g/mol. The van der Waals surface area contributed by atoms with E-state index >= 15 is 0 Å². The lowest BCUT2D eigenvalue weighted by Crippen LogP contribution is -2.10. The molecule has 0 spiro atoms. The fourth-order valence-corrected chi connectivity index (χ4v) is 1.56. The first-order valence-electron chi connectivity index (χ1n) is 5.09. The molecule has 1 rings (SSSR count). The van der Waals surface area contributed by atoms with Crippen LogP contribution in [0.1, 0.15) is 18.4 Å². The van der Waals surface area contributed by atoms with E-state index < -0.39 is 5.97 Å². The summed E-state index contributed by atoms with van der Waals surface area (Å²) in [4.78, 5) is 10.3. The summed E-state index contributed by atoms with van der Waals surface area (Å²) in [6, 6.07) is 3.04. The van der Waals surface area contributed by atoms with Gasteiger partial charge in [0.1, 0.15) is 19.4 Å². The van der Waals surface area contributed by atoms with E-state index in [0.717, 1.165) is 5.46 Å². The van der Waals surface area contributed by atoms with Crippen LogP contribution in [0.5, 0.6) is 5.75 Å². The summed E-state index contributed by atoms with van der Waals surface area (Å²) in [7, 11) is 3.32. The van der Waals surface area contributed by atoms with Crippen LogP contribution in [0.2, 0.25) is 0 Å². The molecule has 5 heteroatoms. The molecule has 0 aliphatic carbocycles. The summed E-state index contributed by atoms with van der Waals surface area (Å²) in [5.41, 5.74) is 1.40. The first-order chi connectivity index (χ1) is 7.54. The van der Waals surface area contributed by atoms with Crippen molar-refractivity contribution in [1.82, 2.24) is 0 Å². The van der Waals surface area contributed by atoms with E-state index in [9.17, 15) is 9.18 Å². The van der Waals surface area contributed by atoms with Crippen molar-refractivity contribution in [1.29, 1.82) is 0 Å². The highest BCUT2D eigenvalue weighted by atomic mass is 19.1. The second-order valence-corrected chi connectivity index (χ2v) is 3.66. The zero-order chi connectivity index (χ0) is 12.1. The molecule has 0 aliphatic rings. The van der Waals surface area contributed by atoms with E-state index in [0.29, 0.717) is 24.2 Å². The summed E-state index contributed by atoms with van der Waals surface area (Å²) >= 11 is 0. The van der Waals surface area contributed by atoms with Gasteiger partial charge in [0.05, 0.1) is 7.11 Å². The van der Waals surface area contributed by atoms with E-state index in [2.05, 4.69) is 0 Å². The van der Waals surface area contributed by atoms with Crippen LogP contribution in [-0.4, -0.2) is 26.0 Å². The number of methoxy groups -OCH3 is 1. The molecule has 0 heterocycles. The molecule has 0 aliphatic heterocycles. The van der Waals surface area contributed by atoms with Crippen LogP contribution < -0.4 is 10.2 Å². The molecule has 1 N–H and O–H groups in total. The number of rotatable bonds is 5. The average Bonchev–Trinajstić information content (AvgIpc) is 2.22. The normalized spacial score (nSPS) is 10.1. The van der Waals surface area contributed by atoms with Gasteiger partial charge in [0, 0.05) is 12.5 Å². The molecule has 3 nitrogen and oxygen atoms in total. The van der Waals surface area contributed by atoms with Gasteiger partial charge < -0.3 is 9.84 Å². The Labute approximate surface area is 94.6 Å². The van der Waals surface area contributed by atoms with Crippen molar-refractivity contribution in [3.05, 3.63) is 23.5 Å². The van der Waals surface area contributed by atoms with Crippen molar-refractivity contribution in [2.24, 2.45) is 0 Å². The Morgan fingerprint density at radius 2 is 2.25 bits per heavy atom. The number of carboxylic acid groups (broad SMARTS) is 1. The standard InChI is InChI=1S/C11H14BFO3/c1-16-10-6-9(13)7(5-8(10)12)3-2-4-11(14)15/h5-6H,2-4,12H2,1H3,(H,14,15). The van der Waals surface area contributed by atoms with Crippen molar-refractivity contribution in [2.75, 3.05) is 7.11 Å². The molecule has 0 saturated heterocycles. The Morgan fingerprint density at radius 3 is 2.81 bits per heavy atom. The predicted molar refractivity (Wildman–Crippen MR) is 61.7 cm³/mol. The van der Waals surface area contributed by atoms with Gasteiger partial charge in [-0.2, -0.15) is 0 Å².